The topological polar surface area (TPSA) is 52.0 Å². The highest BCUT2D eigenvalue weighted by atomic mass is 14.7. The molecule has 0 aromatic heterocycles. The van der Waals surface area contributed by atoms with Crippen LogP contribution in [0.3, 0.4) is 0 Å². The number of aryl methyl sites for hydroxylation is 1. The molecule has 4 N–H and O–H groups in total. The van der Waals surface area contributed by atoms with Crippen molar-refractivity contribution in [1.82, 2.24) is 0 Å². The summed E-state index contributed by atoms with van der Waals surface area (Å²) >= 11 is 0. The zero-order valence-corrected chi connectivity index (χ0v) is 9.40. The van der Waals surface area contributed by atoms with Gasteiger partial charge in [0.25, 0.3) is 0 Å². The number of hydrogen-bond acceptors (Lipinski definition) is 2. The molecule has 2 aromatic carbocycles. The number of rotatable bonds is 2. The number of nitrogen functional groups attached to an aromatic ring is 2. The van der Waals surface area contributed by atoms with Crippen LogP contribution in [-0.2, 0) is 6.42 Å². The van der Waals surface area contributed by atoms with Gasteiger partial charge in [0.1, 0.15) is 0 Å². The van der Waals surface area contributed by atoms with E-state index in [0.29, 0.717) is 11.4 Å². The predicted octanol–water partition coefficient (Wildman–Crippen LogP) is 2.75. The summed E-state index contributed by atoms with van der Waals surface area (Å²) in [6.45, 7) is 2.03. The van der Waals surface area contributed by atoms with Crippen LogP contribution in [0.15, 0.2) is 42.5 Å². The molecular weight excluding hydrogens is 196 g/mol. The van der Waals surface area contributed by atoms with E-state index in [9.17, 15) is 0 Å². The van der Waals surface area contributed by atoms with Gasteiger partial charge in [-0.15, -0.1) is 0 Å². The van der Waals surface area contributed by atoms with E-state index in [1.54, 1.807) is 0 Å². The summed E-state index contributed by atoms with van der Waals surface area (Å²) in [5, 5.41) is 0. The Hall–Kier alpha value is -1.96. The Kier molecular flexibility index (Phi) is 2.82. The van der Waals surface area contributed by atoms with Crippen LogP contribution in [0.25, 0.3) is 0 Å². The fraction of sp³-hybridized carbons (Fsp3) is 0.143. The molecule has 0 amide bonds. The Morgan fingerprint density at radius 3 is 2.38 bits per heavy atom. The lowest BCUT2D eigenvalue weighted by Gasteiger charge is -2.10. The molecule has 2 nitrogen and oxygen atoms in total. The monoisotopic (exact) mass is 212 g/mol. The van der Waals surface area contributed by atoms with Crippen LogP contribution in [0.4, 0.5) is 11.4 Å². The first kappa shape index (κ1) is 10.6. The number of anilines is 2. The summed E-state index contributed by atoms with van der Waals surface area (Å²) in [5.41, 5.74) is 16.7. The van der Waals surface area contributed by atoms with Gasteiger partial charge in [-0.2, -0.15) is 0 Å². The maximum absolute atomic E-state index is 5.97. The molecule has 0 saturated carbocycles. The smallest absolute Gasteiger partial charge is 0.0583 e. The van der Waals surface area contributed by atoms with Gasteiger partial charge >= 0.3 is 0 Å². The Balaban J connectivity index is 2.35. The molecule has 0 spiro atoms. The minimum absolute atomic E-state index is 0.672. The van der Waals surface area contributed by atoms with E-state index in [4.69, 9.17) is 11.5 Å². The van der Waals surface area contributed by atoms with Crippen molar-refractivity contribution in [3.8, 4) is 0 Å². The molecule has 82 valence electrons. The van der Waals surface area contributed by atoms with Crippen molar-refractivity contribution in [1.29, 1.82) is 0 Å². The fourth-order valence-electron chi connectivity index (χ4n) is 1.86. The molecule has 0 unspecified atom stereocenters. The maximum atomic E-state index is 5.97. The van der Waals surface area contributed by atoms with Gasteiger partial charge in [0.05, 0.1) is 11.4 Å². The van der Waals surface area contributed by atoms with Crippen molar-refractivity contribution in [3.63, 3.8) is 0 Å². The predicted molar refractivity (Wildman–Crippen MR) is 69.3 cm³/mol. The highest BCUT2D eigenvalue weighted by molar-refractivity contribution is 5.69. The summed E-state index contributed by atoms with van der Waals surface area (Å²) in [5.74, 6) is 0. The Morgan fingerprint density at radius 1 is 1.00 bits per heavy atom. The molecule has 0 aliphatic rings. The first-order chi connectivity index (χ1) is 7.66. The fourth-order valence-corrected chi connectivity index (χ4v) is 1.86. The molecule has 0 radical (unpaired) electrons. The lowest BCUT2D eigenvalue weighted by Crippen LogP contribution is -2.01. The zero-order valence-electron chi connectivity index (χ0n) is 9.40. The summed E-state index contributed by atoms with van der Waals surface area (Å²) in [7, 11) is 0. The van der Waals surface area contributed by atoms with E-state index in [2.05, 4.69) is 18.2 Å². The van der Waals surface area contributed by atoms with Crippen molar-refractivity contribution in [2.24, 2.45) is 0 Å². The lowest BCUT2D eigenvalue weighted by atomic mass is 10.0. The first-order valence-electron chi connectivity index (χ1n) is 5.35. The van der Waals surface area contributed by atoms with Gasteiger partial charge in [0.2, 0.25) is 0 Å². The Labute approximate surface area is 95.9 Å². The van der Waals surface area contributed by atoms with Crippen molar-refractivity contribution < 1.29 is 0 Å². The van der Waals surface area contributed by atoms with Crippen LogP contribution in [0, 0.1) is 6.92 Å². The van der Waals surface area contributed by atoms with E-state index in [1.165, 1.54) is 5.56 Å². The minimum atomic E-state index is 0.672. The Morgan fingerprint density at radius 2 is 1.69 bits per heavy atom. The van der Waals surface area contributed by atoms with E-state index in [-0.39, 0.29) is 0 Å². The van der Waals surface area contributed by atoms with Gasteiger partial charge in [0, 0.05) is 0 Å². The third-order valence-corrected chi connectivity index (χ3v) is 2.68. The summed E-state index contributed by atoms with van der Waals surface area (Å²) in [6, 6.07) is 14.3. The molecular formula is C14H16N2. The summed E-state index contributed by atoms with van der Waals surface area (Å²) in [4.78, 5) is 0. The van der Waals surface area contributed by atoms with Crippen molar-refractivity contribution in [2.45, 2.75) is 13.3 Å². The average Bonchev–Trinajstić information content (AvgIpc) is 2.27. The van der Waals surface area contributed by atoms with Gasteiger partial charge in [-0.3, -0.25) is 0 Å². The third-order valence-electron chi connectivity index (χ3n) is 2.68. The molecule has 0 aliphatic heterocycles. The highest BCUT2D eigenvalue weighted by Gasteiger charge is 2.04. The molecule has 2 aromatic rings. The van der Waals surface area contributed by atoms with Gasteiger partial charge in [-0.05, 0) is 36.1 Å². The molecule has 0 saturated heterocycles. The number of benzene rings is 2. The molecule has 2 heteroatoms. The van der Waals surface area contributed by atoms with Gasteiger partial charge in [-0.25, -0.2) is 0 Å². The van der Waals surface area contributed by atoms with Gasteiger partial charge in [0.15, 0.2) is 0 Å². The maximum Gasteiger partial charge on any atom is 0.0583 e. The van der Waals surface area contributed by atoms with Crippen LogP contribution in [0.2, 0.25) is 0 Å². The van der Waals surface area contributed by atoms with Crippen LogP contribution >= 0.6 is 0 Å². The third kappa shape index (κ3) is 2.16. The SMILES string of the molecule is Cc1cc(N)c(N)c(Cc2ccccc2)c1. The van der Waals surface area contributed by atoms with E-state index in [0.717, 1.165) is 17.5 Å². The van der Waals surface area contributed by atoms with E-state index >= 15 is 0 Å². The van der Waals surface area contributed by atoms with Crippen molar-refractivity contribution in [3.05, 3.63) is 59.2 Å². The van der Waals surface area contributed by atoms with Gasteiger partial charge < -0.3 is 11.5 Å². The molecule has 0 aliphatic carbocycles. The van der Waals surface area contributed by atoms with Crippen LogP contribution in [-0.4, -0.2) is 0 Å². The van der Waals surface area contributed by atoms with Crippen molar-refractivity contribution >= 4 is 11.4 Å². The van der Waals surface area contributed by atoms with Crippen LogP contribution < -0.4 is 11.5 Å². The molecule has 16 heavy (non-hydrogen) atoms. The lowest BCUT2D eigenvalue weighted by molar-refractivity contribution is 1.19. The number of nitrogens with two attached hydrogens (primary N) is 2. The number of hydrogen-bond donors (Lipinski definition) is 2. The second-order valence-corrected chi connectivity index (χ2v) is 4.09. The van der Waals surface area contributed by atoms with Crippen LogP contribution in [0.1, 0.15) is 16.7 Å². The van der Waals surface area contributed by atoms with Gasteiger partial charge in [-0.1, -0.05) is 36.4 Å². The van der Waals surface area contributed by atoms with E-state index in [1.807, 2.05) is 31.2 Å². The normalized spacial score (nSPS) is 10.3. The molecule has 0 fully saturated rings. The summed E-state index contributed by atoms with van der Waals surface area (Å²) < 4.78 is 0. The molecule has 2 rings (SSSR count). The zero-order chi connectivity index (χ0) is 11.5. The van der Waals surface area contributed by atoms with Crippen molar-refractivity contribution in [2.75, 3.05) is 11.5 Å². The Bertz CT molecular complexity index is 490. The second kappa shape index (κ2) is 4.27. The summed E-state index contributed by atoms with van der Waals surface area (Å²) in [6.07, 6.45) is 0.832. The largest absolute Gasteiger partial charge is 0.397 e. The molecule has 0 bridgehead atoms. The molecule has 0 atom stereocenters. The van der Waals surface area contributed by atoms with Crippen LogP contribution in [0.5, 0.6) is 0 Å². The quantitative estimate of drug-likeness (QED) is 0.752. The molecule has 0 heterocycles. The standard InChI is InChI=1S/C14H16N2/c1-10-7-12(14(16)13(15)8-10)9-11-5-3-2-4-6-11/h2-8H,9,15-16H2,1H3. The van der Waals surface area contributed by atoms with E-state index < -0.39 is 0 Å². The highest BCUT2D eigenvalue weighted by Crippen LogP contribution is 2.24. The second-order valence-electron chi connectivity index (χ2n) is 4.09. The first-order valence-corrected chi connectivity index (χ1v) is 5.35. The minimum Gasteiger partial charge on any atom is -0.397 e. The average molecular weight is 212 g/mol.